The van der Waals surface area contributed by atoms with Gasteiger partial charge >= 0.3 is 0 Å². The Kier molecular flexibility index (Phi) is 6.72. The van der Waals surface area contributed by atoms with Crippen molar-refractivity contribution in [3.8, 4) is 5.75 Å². The van der Waals surface area contributed by atoms with Crippen molar-refractivity contribution in [2.24, 2.45) is 0 Å². The van der Waals surface area contributed by atoms with Gasteiger partial charge in [0.05, 0.1) is 0 Å². The Morgan fingerprint density at radius 2 is 1.81 bits per heavy atom. The zero-order chi connectivity index (χ0) is 19.1. The summed E-state index contributed by atoms with van der Waals surface area (Å²) in [4.78, 5) is 26.2. The molecule has 2 aromatic rings. The highest BCUT2D eigenvalue weighted by Crippen LogP contribution is 2.15. The summed E-state index contributed by atoms with van der Waals surface area (Å²) >= 11 is 0. The van der Waals surface area contributed by atoms with Crippen LogP contribution in [0, 0.1) is 12.7 Å². The molecule has 0 aliphatic carbocycles. The maximum Gasteiger partial charge on any atom is 0.261 e. The third-order valence-electron chi connectivity index (χ3n) is 4.19. The van der Waals surface area contributed by atoms with Gasteiger partial charge in [-0.2, -0.15) is 0 Å². The minimum atomic E-state index is -0.649. The third-order valence-corrected chi connectivity index (χ3v) is 4.19. The first-order valence-electron chi connectivity index (χ1n) is 8.36. The first-order valence-corrected chi connectivity index (χ1v) is 8.36. The molecule has 0 unspecified atom stereocenters. The monoisotopic (exact) mass is 358 g/mol. The van der Waals surface area contributed by atoms with E-state index in [4.69, 9.17) is 4.74 Å². The fourth-order valence-corrected chi connectivity index (χ4v) is 2.52. The summed E-state index contributed by atoms with van der Waals surface area (Å²) in [6.07, 6.45) is 0. The molecular weight excluding hydrogens is 335 g/mol. The molecule has 0 saturated heterocycles. The number of carbonyl (C=O) groups excluding carboxylic acids is 2. The molecule has 1 N–H and O–H groups in total. The fraction of sp³-hybridized carbons (Fsp3) is 0.300. The van der Waals surface area contributed by atoms with E-state index >= 15 is 0 Å². The summed E-state index contributed by atoms with van der Waals surface area (Å²) in [6, 6.07) is 12.5. The van der Waals surface area contributed by atoms with Crippen LogP contribution in [0.15, 0.2) is 48.5 Å². The van der Waals surface area contributed by atoms with Crippen molar-refractivity contribution in [2.75, 3.05) is 13.7 Å². The summed E-state index contributed by atoms with van der Waals surface area (Å²) in [5.74, 6) is -0.566. The van der Waals surface area contributed by atoms with E-state index in [1.54, 1.807) is 6.92 Å². The third kappa shape index (κ3) is 5.05. The second-order valence-electron chi connectivity index (χ2n) is 5.98. The van der Waals surface area contributed by atoms with E-state index < -0.39 is 6.04 Å². The quantitative estimate of drug-likeness (QED) is 0.828. The van der Waals surface area contributed by atoms with Crippen LogP contribution in [0.25, 0.3) is 0 Å². The van der Waals surface area contributed by atoms with Crippen molar-refractivity contribution in [1.82, 2.24) is 10.2 Å². The fourth-order valence-electron chi connectivity index (χ4n) is 2.52. The van der Waals surface area contributed by atoms with Crippen LogP contribution in [-0.4, -0.2) is 36.4 Å². The van der Waals surface area contributed by atoms with Gasteiger partial charge in [0.1, 0.15) is 17.6 Å². The van der Waals surface area contributed by atoms with Crippen LogP contribution < -0.4 is 10.1 Å². The van der Waals surface area contributed by atoms with Crippen LogP contribution in [0.3, 0.4) is 0 Å². The van der Waals surface area contributed by atoms with E-state index in [1.807, 2.05) is 31.2 Å². The zero-order valence-electron chi connectivity index (χ0n) is 15.2. The predicted octanol–water partition coefficient (Wildman–Crippen LogP) is 2.68. The molecule has 0 bridgehead atoms. The molecule has 0 aliphatic rings. The Hall–Kier alpha value is -2.89. The second kappa shape index (κ2) is 8.99. The van der Waals surface area contributed by atoms with Gasteiger partial charge in [0.25, 0.3) is 5.91 Å². The smallest absolute Gasteiger partial charge is 0.261 e. The summed E-state index contributed by atoms with van der Waals surface area (Å²) in [5, 5.41) is 2.57. The number of aryl methyl sites for hydroxylation is 1. The molecular formula is C20H23FN2O3. The van der Waals surface area contributed by atoms with Gasteiger partial charge in [-0.25, -0.2) is 4.39 Å². The summed E-state index contributed by atoms with van der Waals surface area (Å²) in [7, 11) is 1.53. The van der Waals surface area contributed by atoms with Gasteiger partial charge in [0.2, 0.25) is 5.91 Å². The highest BCUT2D eigenvalue weighted by atomic mass is 19.1. The van der Waals surface area contributed by atoms with Crippen LogP contribution in [0.2, 0.25) is 0 Å². The minimum Gasteiger partial charge on any atom is -0.484 e. The van der Waals surface area contributed by atoms with Crippen LogP contribution >= 0.6 is 0 Å². The SMILES string of the molecule is CNC(=O)[C@@H](C)N(Cc1ccccc1C)C(=O)COc1ccc(F)cc1. The molecule has 138 valence electrons. The molecule has 2 amide bonds. The normalized spacial score (nSPS) is 11.5. The molecule has 0 radical (unpaired) electrons. The lowest BCUT2D eigenvalue weighted by molar-refractivity contribution is -0.142. The number of nitrogens with one attached hydrogen (secondary N) is 1. The molecule has 0 aromatic heterocycles. The molecule has 1 atom stereocenters. The minimum absolute atomic E-state index is 0.237. The number of ether oxygens (including phenoxy) is 1. The van der Waals surface area contributed by atoms with Crippen molar-refractivity contribution in [3.05, 3.63) is 65.5 Å². The lowest BCUT2D eigenvalue weighted by atomic mass is 10.1. The molecule has 2 rings (SSSR count). The Labute approximate surface area is 152 Å². The van der Waals surface area contributed by atoms with Crippen molar-refractivity contribution in [3.63, 3.8) is 0 Å². The van der Waals surface area contributed by atoms with Gasteiger partial charge in [-0.15, -0.1) is 0 Å². The second-order valence-corrected chi connectivity index (χ2v) is 5.98. The molecule has 2 aromatic carbocycles. The highest BCUT2D eigenvalue weighted by molar-refractivity contribution is 5.87. The predicted molar refractivity (Wildman–Crippen MR) is 97.2 cm³/mol. The van der Waals surface area contributed by atoms with E-state index in [9.17, 15) is 14.0 Å². The first kappa shape index (κ1) is 19.4. The number of benzene rings is 2. The number of carbonyl (C=O) groups is 2. The van der Waals surface area contributed by atoms with Crippen LogP contribution in [0.5, 0.6) is 5.75 Å². The number of nitrogens with zero attached hydrogens (tertiary/aromatic N) is 1. The summed E-state index contributed by atoms with van der Waals surface area (Å²) in [5.41, 5.74) is 1.99. The van der Waals surface area contributed by atoms with Gasteiger partial charge in [0.15, 0.2) is 6.61 Å². The Bertz CT molecular complexity index is 762. The number of halogens is 1. The van der Waals surface area contributed by atoms with Gasteiger partial charge in [-0.1, -0.05) is 24.3 Å². The van der Waals surface area contributed by atoms with Crippen LogP contribution in [0.4, 0.5) is 4.39 Å². The van der Waals surface area contributed by atoms with E-state index in [1.165, 1.54) is 36.2 Å². The molecule has 26 heavy (non-hydrogen) atoms. The molecule has 0 aliphatic heterocycles. The Morgan fingerprint density at radius 3 is 2.42 bits per heavy atom. The van der Waals surface area contributed by atoms with Crippen LogP contribution in [-0.2, 0) is 16.1 Å². The lowest BCUT2D eigenvalue weighted by Crippen LogP contribution is -2.48. The number of rotatable bonds is 7. The van der Waals surface area contributed by atoms with Crippen molar-refractivity contribution in [2.45, 2.75) is 26.4 Å². The maximum absolute atomic E-state index is 13.0. The Balaban J connectivity index is 2.13. The maximum atomic E-state index is 13.0. The first-order chi connectivity index (χ1) is 12.4. The van der Waals surface area contributed by atoms with E-state index in [2.05, 4.69) is 5.32 Å². The van der Waals surface area contributed by atoms with Gasteiger partial charge in [0, 0.05) is 13.6 Å². The standard InChI is InChI=1S/C20H23FN2O3/c1-14-6-4-5-7-16(14)12-23(15(2)20(25)22-3)19(24)13-26-18-10-8-17(21)9-11-18/h4-11,15H,12-13H2,1-3H3,(H,22,25)/t15-/m1/s1. The van der Waals surface area contributed by atoms with Crippen molar-refractivity contribution >= 4 is 11.8 Å². The molecule has 0 spiro atoms. The van der Waals surface area contributed by atoms with Gasteiger partial charge < -0.3 is 15.0 Å². The number of hydrogen-bond donors (Lipinski definition) is 1. The molecule has 0 heterocycles. The molecule has 5 nitrogen and oxygen atoms in total. The molecule has 0 saturated carbocycles. The van der Waals surface area contributed by atoms with E-state index in [-0.39, 0.29) is 24.2 Å². The van der Waals surface area contributed by atoms with Crippen LogP contribution in [0.1, 0.15) is 18.1 Å². The van der Waals surface area contributed by atoms with Gasteiger partial charge in [-0.3, -0.25) is 9.59 Å². The number of likely N-dealkylation sites (N-methyl/N-ethyl adjacent to an activating group) is 1. The number of hydrogen-bond acceptors (Lipinski definition) is 3. The van der Waals surface area contributed by atoms with Crippen molar-refractivity contribution in [1.29, 1.82) is 0 Å². The highest BCUT2D eigenvalue weighted by Gasteiger charge is 2.26. The van der Waals surface area contributed by atoms with E-state index in [0.29, 0.717) is 12.3 Å². The molecule has 0 fully saturated rings. The lowest BCUT2D eigenvalue weighted by Gasteiger charge is -2.28. The Morgan fingerprint density at radius 1 is 1.15 bits per heavy atom. The topological polar surface area (TPSA) is 58.6 Å². The van der Waals surface area contributed by atoms with Crippen molar-refractivity contribution < 1.29 is 18.7 Å². The average molecular weight is 358 g/mol. The van der Waals surface area contributed by atoms with E-state index in [0.717, 1.165) is 11.1 Å². The van der Waals surface area contributed by atoms with Gasteiger partial charge in [-0.05, 0) is 49.2 Å². The number of amides is 2. The summed E-state index contributed by atoms with van der Waals surface area (Å²) < 4.78 is 18.4. The summed E-state index contributed by atoms with van der Waals surface area (Å²) in [6.45, 7) is 3.69. The zero-order valence-corrected chi connectivity index (χ0v) is 15.2. The average Bonchev–Trinajstić information content (AvgIpc) is 2.65. The largest absolute Gasteiger partial charge is 0.484 e. The molecule has 6 heteroatoms.